The first-order chi connectivity index (χ1) is 9.63. The summed E-state index contributed by atoms with van der Waals surface area (Å²) in [7, 11) is 0. The minimum atomic E-state index is -0.364. The molecule has 1 aliphatic rings. The van der Waals surface area contributed by atoms with Crippen LogP contribution >= 0.6 is 15.9 Å². The van der Waals surface area contributed by atoms with Crippen molar-refractivity contribution in [3.8, 4) is 5.75 Å². The van der Waals surface area contributed by atoms with Crippen LogP contribution in [-0.4, -0.2) is 12.4 Å². The molecule has 102 valence electrons. The topological polar surface area (TPSA) is 26.3 Å². The summed E-state index contributed by atoms with van der Waals surface area (Å²) in [5, 5.41) is 0. The minimum Gasteiger partial charge on any atom is -0.493 e. The monoisotopic (exact) mass is 334 g/mol. The predicted octanol–water partition coefficient (Wildman–Crippen LogP) is 3.95. The lowest BCUT2D eigenvalue weighted by atomic mass is 10.00. The van der Waals surface area contributed by atoms with Crippen molar-refractivity contribution in [2.24, 2.45) is 0 Å². The van der Waals surface area contributed by atoms with Crippen molar-refractivity contribution in [2.45, 2.75) is 12.8 Å². The molecule has 4 heteroatoms. The van der Waals surface area contributed by atoms with E-state index in [1.54, 1.807) is 18.2 Å². The van der Waals surface area contributed by atoms with Crippen LogP contribution in [0.25, 0.3) is 0 Å². The van der Waals surface area contributed by atoms with Crippen LogP contribution in [0.3, 0.4) is 0 Å². The van der Waals surface area contributed by atoms with Crippen LogP contribution in [0.5, 0.6) is 5.75 Å². The Balaban J connectivity index is 1.82. The van der Waals surface area contributed by atoms with E-state index >= 15 is 0 Å². The molecule has 0 aliphatic carbocycles. The van der Waals surface area contributed by atoms with E-state index in [4.69, 9.17) is 4.74 Å². The molecule has 2 nitrogen and oxygen atoms in total. The van der Waals surface area contributed by atoms with Crippen molar-refractivity contribution < 1.29 is 13.9 Å². The molecule has 0 aromatic heterocycles. The van der Waals surface area contributed by atoms with Gasteiger partial charge < -0.3 is 4.74 Å². The largest absolute Gasteiger partial charge is 0.493 e. The van der Waals surface area contributed by atoms with Crippen LogP contribution in [0.15, 0.2) is 40.9 Å². The molecule has 3 rings (SSSR count). The Kier molecular flexibility index (Phi) is 3.57. The number of carbonyl (C=O) groups excluding carboxylic acids is 1. The molecule has 2 aromatic rings. The van der Waals surface area contributed by atoms with Crippen molar-refractivity contribution in [3.05, 3.63) is 63.4 Å². The van der Waals surface area contributed by atoms with Gasteiger partial charge in [0.05, 0.1) is 6.61 Å². The minimum absolute atomic E-state index is 0.0682. The summed E-state index contributed by atoms with van der Waals surface area (Å²) in [5.41, 5.74) is 2.07. The van der Waals surface area contributed by atoms with Crippen LogP contribution in [-0.2, 0) is 12.8 Å². The van der Waals surface area contributed by atoms with Gasteiger partial charge in [-0.2, -0.15) is 0 Å². The summed E-state index contributed by atoms with van der Waals surface area (Å²) in [6, 6.07) is 10.1. The van der Waals surface area contributed by atoms with E-state index in [1.165, 1.54) is 6.07 Å². The molecule has 1 heterocycles. The van der Waals surface area contributed by atoms with Gasteiger partial charge in [-0.15, -0.1) is 0 Å². The molecule has 0 bridgehead atoms. The number of ketones is 1. The van der Waals surface area contributed by atoms with E-state index in [-0.39, 0.29) is 18.0 Å². The van der Waals surface area contributed by atoms with Crippen molar-refractivity contribution >= 4 is 21.7 Å². The molecule has 20 heavy (non-hydrogen) atoms. The fourth-order valence-electron chi connectivity index (χ4n) is 2.30. The lowest BCUT2D eigenvalue weighted by Crippen LogP contribution is -2.05. The second-order valence-corrected chi connectivity index (χ2v) is 5.67. The average Bonchev–Trinajstić information content (AvgIpc) is 2.89. The Morgan fingerprint density at radius 2 is 2.10 bits per heavy atom. The van der Waals surface area contributed by atoms with E-state index in [1.807, 2.05) is 12.1 Å². The molecule has 2 aromatic carbocycles. The highest BCUT2D eigenvalue weighted by molar-refractivity contribution is 9.10. The fourth-order valence-corrected chi connectivity index (χ4v) is 2.63. The molecular weight excluding hydrogens is 323 g/mol. The van der Waals surface area contributed by atoms with Crippen LogP contribution < -0.4 is 4.74 Å². The first kappa shape index (κ1) is 13.3. The number of benzene rings is 2. The molecule has 0 spiro atoms. The summed E-state index contributed by atoms with van der Waals surface area (Å²) < 4.78 is 19.8. The van der Waals surface area contributed by atoms with Crippen LogP contribution in [0, 0.1) is 5.82 Å². The van der Waals surface area contributed by atoms with Crippen molar-refractivity contribution in [1.82, 2.24) is 0 Å². The number of ether oxygens (including phenoxy) is 1. The highest BCUT2D eigenvalue weighted by atomic mass is 79.9. The summed E-state index contributed by atoms with van der Waals surface area (Å²) in [4.78, 5) is 12.2. The number of Topliss-reactive ketones (excluding diaryl/α,β-unsaturated/α-hetero) is 1. The molecule has 0 amide bonds. The van der Waals surface area contributed by atoms with Gasteiger partial charge in [0.2, 0.25) is 0 Å². The van der Waals surface area contributed by atoms with Gasteiger partial charge in [-0.05, 0) is 41.5 Å². The van der Waals surface area contributed by atoms with E-state index in [0.29, 0.717) is 22.2 Å². The number of fused-ring (bicyclic) bond motifs is 1. The van der Waals surface area contributed by atoms with Gasteiger partial charge in [0.1, 0.15) is 11.6 Å². The quantitative estimate of drug-likeness (QED) is 0.794. The second kappa shape index (κ2) is 5.37. The highest BCUT2D eigenvalue weighted by Gasteiger charge is 2.16. The zero-order chi connectivity index (χ0) is 14.1. The zero-order valence-electron chi connectivity index (χ0n) is 10.7. The number of hydrogen-bond acceptors (Lipinski definition) is 2. The normalized spacial score (nSPS) is 12.9. The van der Waals surface area contributed by atoms with Gasteiger partial charge in [-0.25, -0.2) is 4.39 Å². The maximum atomic E-state index is 13.7. The van der Waals surface area contributed by atoms with Gasteiger partial charge >= 0.3 is 0 Å². The molecule has 0 atom stereocenters. The number of hydrogen-bond donors (Lipinski definition) is 0. The maximum absolute atomic E-state index is 13.7. The summed E-state index contributed by atoms with van der Waals surface area (Å²) in [6.07, 6.45) is 0.891. The third-order valence-corrected chi connectivity index (χ3v) is 3.87. The zero-order valence-corrected chi connectivity index (χ0v) is 12.2. The molecule has 0 unspecified atom stereocenters. The van der Waals surface area contributed by atoms with Crippen molar-refractivity contribution in [1.29, 1.82) is 0 Å². The summed E-state index contributed by atoms with van der Waals surface area (Å²) in [5.74, 6) is 0.398. The Labute approximate surface area is 124 Å². The van der Waals surface area contributed by atoms with Gasteiger partial charge in [0, 0.05) is 22.9 Å². The van der Waals surface area contributed by atoms with Crippen molar-refractivity contribution in [3.63, 3.8) is 0 Å². The summed E-state index contributed by atoms with van der Waals surface area (Å²) >= 11 is 3.20. The smallest absolute Gasteiger partial charge is 0.167 e. The SMILES string of the molecule is O=C(Cc1ccc(Br)cc1F)c1ccc2c(c1)CCO2. The van der Waals surface area contributed by atoms with E-state index in [0.717, 1.165) is 17.7 Å². The van der Waals surface area contributed by atoms with Gasteiger partial charge in [0.25, 0.3) is 0 Å². The third kappa shape index (κ3) is 2.61. The molecular formula is C16H12BrFO2. The Morgan fingerprint density at radius 1 is 1.25 bits per heavy atom. The number of rotatable bonds is 3. The number of halogens is 2. The van der Waals surface area contributed by atoms with E-state index in [2.05, 4.69) is 15.9 Å². The van der Waals surface area contributed by atoms with Crippen LogP contribution in [0.2, 0.25) is 0 Å². The first-order valence-electron chi connectivity index (χ1n) is 6.36. The standard InChI is InChI=1S/C16H12BrFO2/c17-13-3-1-10(14(18)9-13)8-15(19)11-2-4-16-12(7-11)5-6-20-16/h1-4,7,9H,5-6,8H2. The first-order valence-corrected chi connectivity index (χ1v) is 7.15. The lowest BCUT2D eigenvalue weighted by Gasteiger charge is -2.05. The number of carbonyl (C=O) groups is 1. The van der Waals surface area contributed by atoms with Crippen molar-refractivity contribution in [2.75, 3.05) is 6.61 Å². The molecule has 0 saturated heterocycles. The molecule has 0 fully saturated rings. The van der Waals surface area contributed by atoms with Crippen LogP contribution in [0.4, 0.5) is 4.39 Å². The van der Waals surface area contributed by atoms with E-state index < -0.39 is 0 Å². The Morgan fingerprint density at radius 3 is 2.90 bits per heavy atom. The molecule has 0 saturated carbocycles. The van der Waals surface area contributed by atoms with Gasteiger partial charge in [0.15, 0.2) is 5.78 Å². The molecule has 0 N–H and O–H groups in total. The average molecular weight is 335 g/mol. The maximum Gasteiger partial charge on any atom is 0.167 e. The van der Waals surface area contributed by atoms with Gasteiger partial charge in [-0.1, -0.05) is 22.0 Å². The Hall–Kier alpha value is -1.68. The second-order valence-electron chi connectivity index (χ2n) is 4.76. The molecule has 1 aliphatic heterocycles. The summed E-state index contributed by atoms with van der Waals surface area (Å²) in [6.45, 7) is 0.661. The Bertz CT molecular complexity index is 682. The predicted molar refractivity (Wildman–Crippen MR) is 77.8 cm³/mol. The third-order valence-electron chi connectivity index (χ3n) is 3.38. The highest BCUT2D eigenvalue weighted by Crippen LogP contribution is 2.26. The molecule has 0 radical (unpaired) electrons. The fraction of sp³-hybridized carbons (Fsp3) is 0.188. The van der Waals surface area contributed by atoms with Gasteiger partial charge in [-0.3, -0.25) is 4.79 Å². The lowest BCUT2D eigenvalue weighted by molar-refractivity contribution is 0.0991. The van der Waals surface area contributed by atoms with E-state index in [9.17, 15) is 9.18 Å². The van der Waals surface area contributed by atoms with Crippen LogP contribution in [0.1, 0.15) is 21.5 Å².